The number of fused-ring (bicyclic) bond motifs is 1. The zero-order chi connectivity index (χ0) is 22.9. The van der Waals surface area contributed by atoms with E-state index in [1.165, 1.54) is 11.9 Å². The van der Waals surface area contributed by atoms with Gasteiger partial charge in [0.25, 0.3) is 5.91 Å². The Morgan fingerprint density at radius 3 is 2.73 bits per heavy atom. The number of aryl methyl sites for hydroxylation is 1. The number of imidazole rings is 1. The lowest BCUT2D eigenvalue weighted by atomic mass is 9.99. The number of aromatic nitrogens is 5. The molecule has 1 aromatic carbocycles. The zero-order valence-electron chi connectivity index (χ0n) is 19.2. The molecule has 1 aliphatic heterocycles. The summed E-state index contributed by atoms with van der Waals surface area (Å²) in [7, 11) is 0. The van der Waals surface area contributed by atoms with Crippen molar-refractivity contribution < 1.29 is 4.79 Å². The average molecular weight is 444 g/mol. The molecule has 0 aliphatic carbocycles. The lowest BCUT2D eigenvalue weighted by Gasteiger charge is -2.32. The van der Waals surface area contributed by atoms with Gasteiger partial charge in [-0.25, -0.2) is 9.97 Å². The van der Waals surface area contributed by atoms with Crippen LogP contribution in [0, 0.1) is 12.8 Å². The van der Waals surface area contributed by atoms with Gasteiger partial charge in [-0.05, 0) is 44.2 Å². The van der Waals surface area contributed by atoms with E-state index in [0.29, 0.717) is 17.3 Å². The number of H-pyrrole nitrogens is 1. The predicted molar refractivity (Wildman–Crippen MR) is 128 cm³/mol. The molecule has 5 rings (SSSR count). The van der Waals surface area contributed by atoms with Crippen LogP contribution in [0.4, 0.5) is 5.69 Å². The number of nitrogens with zero attached hydrogens (tertiary/aromatic N) is 5. The van der Waals surface area contributed by atoms with Gasteiger partial charge in [0.05, 0.1) is 29.2 Å². The van der Waals surface area contributed by atoms with Crippen molar-refractivity contribution >= 4 is 17.2 Å². The Kier molecular flexibility index (Phi) is 5.58. The standard InChI is InChI=1S/C25H29N7O/c1-16-8-10-31(11-9-16)21-12-19(25(33)29-18(3)23-27-15-28-30-23)14-32-22(13-26-24(21)32)20-7-5-4-6-17(20)2/h4-7,12-16,18H,8-11H2,1-3H3,(H,29,33)(H,27,28,30)/t18-/m0/s1. The molecule has 0 saturated carbocycles. The Hall–Kier alpha value is -3.68. The van der Waals surface area contributed by atoms with Gasteiger partial charge in [-0.3, -0.25) is 14.3 Å². The second kappa shape index (κ2) is 8.69. The van der Waals surface area contributed by atoms with Crippen molar-refractivity contribution in [2.45, 2.75) is 39.7 Å². The van der Waals surface area contributed by atoms with Crippen LogP contribution in [-0.4, -0.2) is 43.6 Å². The van der Waals surface area contributed by atoms with Gasteiger partial charge in [0, 0.05) is 24.8 Å². The maximum Gasteiger partial charge on any atom is 0.253 e. The fourth-order valence-electron chi connectivity index (χ4n) is 4.51. The van der Waals surface area contributed by atoms with Crippen molar-refractivity contribution in [1.29, 1.82) is 0 Å². The number of carbonyl (C=O) groups is 1. The van der Waals surface area contributed by atoms with Crippen molar-refractivity contribution in [1.82, 2.24) is 29.9 Å². The van der Waals surface area contributed by atoms with Gasteiger partial charge < -0.3 is 10.2 Å². The number of anilines is 1. The van der Waals surface area contributed by atoms with E-state index < -0.39 is 0 Å². The fourth-order valence-corrected chi connectivity index (χ4v) is 4.51. The Bertz CT molecular complexity index is 1270. The van der Waals surface area contributed by atoms with Gasteiger partial charge in [0.2, 0.25) is 0 Å². The molecule has 1 fully saturated rings. The predicted octanol–water partition coefficient (Wildman–Crippen LogP) is 4.16. The molecule has 2 N–H and O–H groups in total. The third-order valence-electron chi connectivity index (χ3n) is 6.59. The molecule has 0 bridgehead atoms. The minimum atomic E-state index is -0.284. The van der Waals surface area contributed by atoms with E-state index in [-0.39, 0.29) is 11.9 Å². The molecule has 4 heterocycles. The van der Waals surface area contributed by atoms with Crippen LogP contribution in [-0.2, 0) is 0 Å². The molecule has 4 aromatic rings. The Morgan fingerprint density at radius 1 is 1.21 bits per heavy atom. The summed E-state index contributed by atoms with van der Waals surface area (Å²) in [6.07, 6.45) is 7.52. The number of carbonyl (C=O) groups excluding carboxylic acids is 1. The number of amides is 1. The van der Waals surface area contributed by atoms with Gasteiger partial charge in [-0.1, -0.05) is 31.2 Å². The summed E-state index contributed by atoms with van der Waals surface area (Å²) in [4.78, 5) is 24.6. The van der Waals surface area contributed by atoms with Crippen LogP contribution < -0.4 is 10.2 Å². The van der Waals surface area contributed by atoms with Crippen LogP contribution >= 0.6 is 0 Å². The van der Waals surface area contributed by atoms with Crippen LogP contribution in [0.25, 0.3) is 16.9 Å². The SMILES string of the molecule is Cc1ccccc1-c1cnc2c(N3CCC(C)CC3)cc(C(=O)N[C@@H](C)c3ncn[nH]3)cn12. The number of piperidine rings is 1. The normalized spacial score (nSPS) is 15.7. The molecule has 0 spiro atoms. The fraction of sp³-hybridized carbons (Fsp3) is 0.360. The number of nitrogens with one attached hydrogen (secondary N) is 2. The van der Waals surface area contributed by atoms with Crippen LogP contribution in [0.1, 0.15) is 54.5 Å². The number of aromatic amines is 1. The summed E-state index contributed by atoms with van der Waals surface area (Å²) in [6.45, 7) is 8.20. The van der Waals surface area contributed by atoms with Gasteiger partial charge in [-0.15, -0.1) is 0 Å². The molecule has 0 radical (unpaired) electrons. The summed E-state index contributed by atoms with van der Waals surface area (Å²) >= 11 is 0. The third-order valence-corrected chi connectivity index (χ3v) is 6.59. The van der Waals surface area contributed by atoms with Gasteiger partial charge in [0.1, 0.15) is 12.2 Å². The highest BCUT2D eigenvalue weighted by atomic mass is 16.1. The second-order valence-corrected chi connectivity index (χ2v) is 9.00. The number of benzene rings is 1. The van der Waals surface area contributed by atoms with Gasteiger partial charge in [-0.2, -0.15) is 5.10 Å². The van der Waals surface area contributed by atoms with Crippen molar-refractivity contribution in [3.05, 3.63) is 66.0 Å². The molecule has 3 aromatic heterocycles. The molecule has 1 aliphatic rings. The first kappa shape index (κ1) is 21.2. The van der Waals surface area contributed by atoms with Crippen LogP contribution in [0.3, 0.4) is 0 Å². The topological polar surface area (TPSA) is 91.2 Å². The van der Waals surface area contributed by atoms with E-state index >= 15 is 0 Å². The largest absolute Gasteiger partial charge is 0.368 e. The second-order valence-electron chi connectivity index (χ2n) is 9.00. The molecule has 8 nitrogen and oxygen atoms in total. The summed E-state index contributed by atoms with van der Waals surface area (Å²) in [6, 6.07) is 9.95. The maximum atomic E-state index is 13.3. The van der Waals surface area contributed by atoms with Gasteiger partial charge in [0.15, 0.2) is 5.65 Å². The van der Waals surface area contributed by atoms with E-state index in [0.717, 1.165) is 48.5 Å². The minimum absolute atomic E-state index is 0.156. The molecule has 8 heteroatoms. The summed E-state index contributed by atoms with van der Waals surface area (Å²) in [5, 5.41) is 9.75. The van der Waals surface area contributed by atoms with Crippen LogP contribution in [0.15, 0.2) is 49.1 Å². The molecule has 1 saturated heterocycles. The maximum absolute atomic E-state index is 13.3. The highest BCUT2D eigenvalue weighted by Gasteiger charge is 2.23. The molecule has 1 amide bonds. The Balaban J connectivity index is 1.59. The Labute approximate surface area is 193 Å². The number of rotatable bonds is 5. The van der Waals surface area contributed by atoms with Crippen molar-refractivity contribution in [3.8, 4) is 11.3 Å². The van der Waals surface area contributed by atoms with E-state index in [1.807, 2.05) is 37.5 Å². The zero-order valence-corrected chi connectivity index (χ0v) is 19.2. The monoisotopic (exact) mass is 443 g/mol. The third kappa shape index (κ3) is 4.08. The van der Waals surface area contributed by atoms with E-state index in [4.69, 9.17) is 4.98 Å². The summed E-state index contributed by atoms with van der Waals surface area (Å²) in [5.41, 5.74) is 5.73. The smallest absolute Gasteiger partial charge is 0.253 e. The van der Waals surface area contributed by atoms with Crippen molar-refractivity contribution in [2.24, 2.45) is 5.92 Å². The molecule has 33 heavy (non-hydrogen) atoms. The number of pyridine rings is 1. The van der Waals surface area contributed by atoms with Crippen LogP contribution in [0.5, 0.6) is 0 Å². The number of hydrogen-bond donors (Lipinski definition) is 2. The summed E-state index contributed by atoms with van der Waals surface area (Å²) < 4.78 is 2.06. The first-order valence-corrected chi connectivity index (χ1v) is 11.5. The average Bonchev–Trinajstić information content (AvgIpc) is 3.50. The molecular weight excluding hydrogens is 414 g/mol. The lowest BCUT2D eigenvalue weighted by Crippen LogP contribution is -2.34. The first-order chi connectivity index (χ1) is 16.0. The van der Waals surface area contributed by atoms with E-state index in [2.05, 4.69) is 55.8 Å². The number of hydrogen-bond acceptors (Lipinski definition) is 5. The van der Waals surface area contributed by atoms with E-state index in [1.54, 1.807) is 0 Å². The van der Waals surface area contributed by atoms with Crippen molar-refractivity contribution in [2.75, 3.05) is 18.0 Å². The summed E-state index contributed by atoms with van der Waals surface area (Å²) in [5.74, 6) is 1.18. The minimum Gasteiger partial charge on any atom is -0.368 e. The highest BCUT2D eigenvalue weighted by molar-refractivity contribution is 5.96. The highest BCUT2D eigenvalue weighted by Crippen LogP contribution is 2.32. The molecule has 1 atom stereocenters. The lowest BCUT2D eigenvalue weighted by molar-refractivity contribution is 0.0938. The van der Waals surface area contributed by atoms with Gasteiger partial charge >= 0.3 is 0 Å². The molecule has 170 valence electrons. The molecular formula is C25H29N7O. The van der Waals surface area contributed by atoms with Crippen molar-refractivity contribution in [3.63, 3.8) is 0 Å². The van der Waals surface area contributed by atoms with E-state index in [9.17, 15) is 4.79 Å². The first-order valence-electron chi connectivity index (χ1n) is 11.5. The van der Waals surface area contributed by atoms with Crippen LogP contribution in [0.2, 0.25) is 0 Å². The Morgan fingerprint density at radius 2 is 2.00 bits per heavy atom. The molecule has 0 unspecified atom stereocenters. The quantitative estimate of drug-likeness (QED) is 0.483.